The normalized spacial score (nSPS) is 17.1. The third-order valence-electron chi connectivity index (χ3n) is 7.67. The number of aromatic nitrogens is 6. The molecule has 3 aromatic heterocycles. The van der Waals surface area contributed by atoms with Gasteiger partial charge in [0.25, 0.3) is 0 Å². The molecule has 2 aromatic carbocycles. The Bertz CT molecular complexity index is 1840. The van der Waals surface area contributed by atoms with Gasteiger partial charge in [0.15, 0.2) is 0 Å². The highest BCUT2D eigenvalue weighted by molar-refractivity contribution is 7.90. The van der Waals surface area contributed by atoms with Crippen LogP contribution in [0.4, 0.5) is 0 Å². The van der Waals surface area contributed by atoms with Crippen molar-refractivity contribution in [3.05, 3.63) is 59.8 Å². The van der Waals surface area contributed by atoms with Crippen molar-refractivity contribution in [3.63, 3.8) is 0 Å². The monoisotopic (exact) mass is 577 g/mol. The number of rotatable bonds is 7. The Hall–Kier alpha value is -3.54. The average molecular weight is 578 g/mol. The van der Waals surface area contributed by atoms with Gasteiger partial charge >= 0.3 is 0 Å². The minimum Gasteiger partial charge on any atom is -0.456 e. The van der Waals surface area contributed by atoms with Crippen molar-refractivity contribution in [2.75, 3.05) is 13.1 Å². The van der Waals surface area contributed by atoms with Crippen LogP contribution in [0.5, 0.6) is 11.5 Å². The lowest BCUT2D eigenvalue weighted by Crippen LogP contribution is -2.41. The molecule has 0 radical (unpaired) electrons. The van der Waals surface area contributed by atoms with Gasteiger partial charge in [-0.25, -0.2) is 22.7 Å². The zero-order valence-corrected chi connectivity index (χ0v) is 23.5. The highest BCUT2D eigenvalue weighted by Crippen LogP contribution is 2.36. The van der Waals surface area contributed by atoms with E-state index in [0.717, 1.165) is 54.6 Å². The molecule has 206 valence electrons. The van der Waals surface area contributed by atoms with Gasteiger partial charge in [-0.3, -0.25) is 9.67 Å². The summed E-state index contributed by atoms with van der Waals surface area (Å²) in [5.74, 6) is 2.34. The minimum absolute atomic E-state index is 0.146. The minimum atomic E-state index is -3.10. The molecule has 0 bridgehead atoms. The SMILES string of the molecule is Cc1nc2ccc(Oc3ccc4ncc(-c5cnn(CC6CCN(S(=O)(=O)C7CC7)CC6)c5)nc4c3Cl)cc2[nH]1. The molecule has 12 heteroatoms. The van der Waals surface area contributed by atoms with E-state index >= 15 is 0 Å². The van der Waals surface area contributed by atoms with Crippen LogP contribution in [0.2, 0.25) is 5.02 Å². The summed E-state index contributed by atoms with van der Waals surface area (Å²) < 4.78 is 34.7. The Balaban J connectivity index is 1.07. The average Bonchev–Trinajstić information content (AvgIpc) is 3.61. The van der Waals surface area contributed by atoms with Gasteiger partial charge in [0.2, 0.25) is 10.0 Å². The zero-order valence-electron chi connectivity index (χ0n) is 21.9. The fourth-order valence-electron chi connectivity index (χ4n) is 5.33. The maximum atomic E-state index is 12.5. The number of hydrogen-bond acceptors (Lipinski definition) is 7. The number of piperidine rings is 1. The second-order valence-electron chi connectivity index (χ2n) is 10.6. The number of aromatic amines is 1. The van der Waals surface area contributed by atoms with Crippen LogP contribution >= 0.6 is 11.6 Å². The van der Waals surface area contributed by atoms with Gasteiger partial charge in [0.1, 0.15) is 27.9 Å². The fourth-order valence-corrected chi connectivity index (χ4v) is 7.45. The molecule has 5 aromatic rings. The van der Waals surface area contributed by atoms with Crippen molar-refractivity contribution in [3.8, 4) is 22.8 Å². The molecule has 0 unspecified atom stereocenters. The van der Waals surface area contributed by atoms with E-state index in [-0.39, 0.29) is 5.25 Å². The number of nitrogens with one attached hydrogen (secondary N) is 1. The number of aryl methyl sites for hydroxylation is 1. The number of benzene rings is 2. The largest absolute Gasteiger partial charge is 0.456 e. The first-order valence-corrected chi connectivity index (χ1v) is 15.3. The third kappa shape index (κ3) is 4.82. The molecule has 40 heavy (non-hydrogen) atoms. The maximum absolute atomic E-state index is 12.5. The second-order valence-corrected chi connectivity index (χ2v) is 13.2. The molecule has 1 N–H and O–H groups in total. The summed E-state index contributed by atoms with van der Waals surface area (Å²) in [6.45, 7) is 3.82. The van der Waals surface area contributed by atoms with Crippen molar-refractivity contribution in [1.82, 2.24) is 34.0 Å². The lowest BCUT2D eigenvalue weighted by atomic mass is 9.98. The Morgan fingerprint density at radius 3 is 2.65 bits per heavy atom. The summed E-state index contributed by atoms with van der Waals surface area (Å²) >= 11 is 6.76. The summed E-state index contributed by atoms with van der Waals surface area (Å²) in [5.41, 5.74) is 4.48. The van der Waals surface area contributed by atoms with Gasteiger partial charge < -0.3 is 9.72 Å². The highest BCUT2D eigenvalue weighted by Gasteiger charge is 2.41. The predicted molar refractivity (Wildman–Crippen MR) is 153 cm³/mol. The topological polar surface area (TPSA) is 119 Å². The number of imidazole rings is 1. The molecule has 1 aliphatic carbocycles. The second kappa shape index (κ2) is 9.83. The van der Waals surface area contributed by atoms with Gasteiger partial charge in [0, 0.05) is 37.5 Å². The van der Waals surface area contributed by atoms with Crippen molar-refractivity contribution < 1.29 is 13.2 Å². The number of sulfonamides is 1. The van der Waals surface area contributed by atoms with Gasteiger partial charge in [-0.2, -0.15) is 5.10 Å². The molecule has 4 heterocycles. The van der Waals surface area contributed by atoms with E-state index in [1.165, 1.54) is 0 Å². The first-order chi connectivity index (χ1) is 19.3. The Morgan fingerprint density at radius 2 is 1.85 bits per heavy atom. The summed E-state index contributed by atoms with van der Waals surface area (Å²) in [6, 6.07) is 9.28. The van der Waals surface area contributed by atoms with Crippen molar-refractivity contribution in [2.45, 2.75) is 44.4 Å². The fraction of sp³-hybridized carbons (Fsp3) is 0.357. The van der Waals surface area contributed by atoms with E-state index in [1.54, 1.807) is 22.8 Å². The standard InChI is InChI=1S/C28H28ClN7O3S/c1-17-32-22-5-2-20(12-24(22)33-17)39-26-7-6-23-28(27(26)29)34-25(14-30-23)19-13-31-35(16-19)15-18-8-10-36(11-9-18)40(37,38)21-3-4-21/h2,5-7,12-14,16,18,21H,3-4,8-11,15H2,1H3,(H,32,33). The first-order valence-electron chi connectivity index (χ1n) is 13.4. The summed E-state index contributed by atoms with van der Waals surface area (Å²) in [6.07, 6.45) is 8.73. The lowest BCUT2D eigenvalue weighted by molar-refractivity contribution is 0.247. The van der Waals surface area contributed by atoms with Gasteiger partial charge in [-0.15, -0.1) is 0 Å². The van der Waals surface area contributed by atoms with E-state index in [4.69, 9.17) is 21.3 Å². The van der Waals surface area contributed by atoms with Crippen LogP contribution in [0, 0.1) is 12.8 Å². The Labute approximate surface area is 236 Å². The van der Waals surface area contributed by atoms with Crippen LogP contribution in [-0.2, 0) is 16.6 Å². The first kappa shape index (κ1) is 25.4. The van der Waals surface area contributed by atoms with Crippen molar-refractivity contribution >= 4 is 43.7 Å². The van der Waals surface area contributed by atoms with E-state index in [2.05, 4.69) is 20.1 Å². The summed E-state index contributed by atoms with van der Waals surface area (Å²) in [7, 11) is -3.10. The molecule has 1 saturated carbocycles. The lowest BCUT2D eigenvalue weighted by Gasteiger charge is -2.31. The number of hydrogen-bond donors (Lipinski definition) is 1. The van der Waals surface area contributed by atoms with Gasteiger partial charge in [-0.1, -0.05) is 11.6 Å². The quantitative estimate of drug-likeness (QED) is 0.278. The van der Waals surface area contributed by atoms with Gasteiger partial charge in [0.05, 0.1) is 39.9 Å². The van der Waals surface area contributed by atoms with Crippen molar-refractivity contribution in [1.29, 1.82) is 0 Å². The number of nitrogens with zero attached hydrogens (tertiary/aromatic N) is 6. The molecule has 2 aliphatic rings. The molecule has 2 fully saturated rings. The predicted octanol–water partition coefficient (Wildman–Crippen LogP) is 5.33. The number of halogens is 1. The van der Waals surface area contributed by atoms with Crippen LogP contribution in [0.3, 0.4) is 0 Å². The van der Waals surface area contributed by atoms with Crippen LogP contribution in [-0.4, -0.2) is 60.8 Å². The molecular weight excluding hydrogens is 550 g/mol. The van der Waals surface area contributed by atoms with E-state index in [0.29, 0.717) is 52.3 Å². The molecule has 7 rings (SSSR count). The van der Waals surface area contributed by atoms with Crippen molar-refractivity contribution in [2.24, 2.45) is 5.92 Å². The molecular formula is C28H28ClN7O3S. The summed E-state index contributed by atoms with van der Waals surface area (Å²) in [4.78, 5) is 17.0. The molecule has 10 nitrogen and oxygen atoms in total. The smallest absolute Gasteiger partial charge is 0.216 e. The number of ether oxygens (including phenoxy) is 1. The molecule has 0 amide bonds. The van der Waals surface area contributed by atoms with E-state index in [1.807, 2.05) is 42.1 Å². The van der Waals surface area contributed by atoms with Gasteiger partial charge in [-0.05, 0) is 62.8 Å². The van der Waals surface area contributed by atoms with E-state index in [9.17, 15) is 8.42 Å². The Morgan fingerprint density at radius 1 is 1.05 bits per heavy atom. The van der Waals surface area contributed by atoms with Crippen LogP contribution in [0.1, 0.15) is 31.5 Å². The highest BCUT2D eigenvalue weighted by atomic mass is 35.5. The number of H-pyrrole nitrogens is 1. The molecule has 0 spiro atoms. The van der Waals surface area contributed by atoms with Crippen LogP contribution in [0.15, 0.2) is 48.9 Å². The maximum Gasteiger partial charge on any atom is 0.216 e. The molecule has 1 saturated heterocycles. The van der Waals surface area contributed by atoms with E-state index < -0.39 is 10.0 Å². The van der Waals surface area contributed by atoms with Crippen LogP contribution in [0.25, 0.3) is 33.3 Å². The molecule has 1 aliphatic heterocycles. The third-order valence-corrected chi connectivity index (χ3v) is 10.4. The summed E-state index contributed by atoms with van der Waals surface area (Å²) in [5, 5.41) is 4.78. The molecule has 0 atom stereocenters. The Kier molecular flexibility index (Phi) is 6.25. The number of fused-ring (bicyclic) bond motifs is 2. The zero-order chi connectivity index (χ0) is 27.4. The van der Waals surface area contributed by atoms with Crippen LogP contribution < -0.4 is 4.74 Å².